The van der Waals surface area contributed by atoms with Gasteiger partial charge < -0.3 is 14.8 Å². The molecule has 6 nitrogen and oxygen atoms in total. The van der Waals surface area contributed by atoms with Gasteiger partial charge in [0.05, 0.1) is 13.2 Å². The van der Waals surface area contributed by atoms with E-state index in [0.717, 1.165) is 39.0 Å². The molecule has 0 aliphatic carbocycles. The fraction of sp³-hybridized carbons (Fsp3) is 0.562. The fourth-order valence-electron chi connectivity index (χ4n) is 2.28. The van der Waals surface area contributed by atoms with Gasteiger partial charge in [-0.3, -0.25) is 0 Å². The van der Waals surface area contributed by atoms with Gasteiger partial charge in [-0.05, 0) is 13.3 Å². The molecule has 7 heteroatoms. The summed E-state index contributed by atoms with van der Waals surface area (Å²) >= 11 is 0. The number of hydrogen-bond donors (Lipinski definition) is 1. The first-order valence-electron chi connectivity index (χ1n) is 6.77. The maximum atomic E-state index is 7.50. The molecule has 2 saturated heterocycles. The van der Waals surface area contributed by atoms with Crippen LogP contribution in [0.5, 0.6) is 0 Å². The summed E-state index contributed by atoms with van der Waals surface area (Å²) in [7, 11) is 0. The quantitative estimate of drug-likeness (QED) is 0.352. The van der Waals surface area contributed by atoms with E-state index in [9.17, 15) is 0 Å². The number of piperidine rings is 1. The van der Waals surface area contributed by atoms with E-state index >= 15 is 0 Å². The molecular formula is C16H21FeNO5. The first kappa shape index (κ1) is 27.0. The molecule has 0 radical (unpaired) electrons. The van der Waals surface area contributed by atoms with Crippen LogP contribution in [-0.4, -0.2) is 31.6 Å². The number of nitrogens with one attached hydrogen (secondary N) is 1. The molecule has 0 aromatic rings. The third kappa shape index (κ3) is 11.3. The molecule has 1 atom stereocenters. The summed E-state index contributed by atoms with van der Waals surface area (Å²) in [5.74, 6) is -0.311. The summed E-state index contributed by atoms with van der Waals surface area (Å²) in [6.07, 6.45) is 11.2. The Labute approximate surface area is 148 Å². The minimum absolute atomic E-state index is 0. The maximum Gasteiger partial charge on any atom is 0 e. The third-order valence-electron chi connectivity index (χ3n) is 3.11. The van der Waals surface area contributed by atoms with Gasteiger partial charge in [0.15, 0.2) is 5.79 Å². The number of allylic oxidation sites excluding steroid dienone is 3. The van der Waals surface area contributed by atoms with Gasteiger partial charge in [0, 0.05) is 42.5 Å². The van der Waals surface area contributed by atoms with Gasteiger partial charge in [-0.2, -0.15) is 0 Å². The molecule has 0 aromatic heterocycles. The Kier molecular flexibility index (Phi) is 22.5. The van der Waals surface area contributed by atoms with E-state index in [2.05, 4.69) is 37.4 Å². The molecular weight excluding hydrogens is 342 g/mol. The molecule has 0 bridgehead atoms. The fourth-order valence-corrected chi connectivity index (χ4v) is 2.28. The van der Waals surface area contributed by atoms with E-state index in [1.807, 2.05) is 19.1 Å². The number of ether oxygens (including phenoxy) is 2. The minimum atomic E-state index is -0.311. The molecule has 0 amide bonds. The summed E-state index contributed by atoms with van der Waals surface area (Å²) in [5.41, 5.74) is 0. The van der Waals surface area contributed by atoms with Crippen molar-refractivity contribution < 1.29 is 40.5 Å². The van der Waals surface area contributed by atoms with Crippen LogP contribution in [0, 0.1) is 20.0 Å². The second-order valence-electron chi connectivity index (χ2n) is 4.39. The van der Waals surface area contributed by atoms with Crippen LogP contribution in [0.15, 0.2) is 24.3 Å². The molecule has 2 aliphatic rings. The van der Waals surface area contributed by atoms with Gasteiger partial charge in [0.25, 0.3) is 0 Å². The summed E-state index contributed by atoms with van der Waals surface area (Å²) < 4.78 is 34.2. The third-order valence-corrected chi connectivity index (χ3v) is 3.11. The topological polar surface area (TPSA) is 90.2 Å². The maximum absolute atomic E-state index is 7.50. The molecule has 23 heavy (non-hydrogen) atoms. The predicted molar refractivity (Wildman–Crippen MR) is 76.0 cm³/mol. The Morgan fingerprint density at radius 3 is 2.13 bits per heavy atom. The second kappa shape index (κ2) is 19.1. The van der Waals surface area contributed by atoms with Crippen LogP contribution >= 0.6 is 0 Å². The smallest absolute Gasteiger partial charge is 0 e. The standard InChI is InChI=1S/C13H21NO2.3CO.Fe/c1-2-3-4-6-12-11-13(7-8-14-12)15-9-5-10-16-13;3*1-2;/h2-4,6,12,14H,5,7-11H2,1H3;;;;/b3-2+,6-4+;;;;/t12-;;;;/m0..../s1. The normalized spacial score (nSPS) is 21.4. The predicted octanol–water partition coefficient (Wildman–Crippen LogP) is 1.89. The molecule has 2 rings (SSSR count). The first-order valence-corrected chi connectivity index (χ1v) is 6.77. The van der Waals surface area contributed by atoms with Gasteiger partial charge in [-0.25, -0.2) is 0 Å². The van der Waals surface area contributed by atoms with Crippen LogP contribution in [0.3, 0.4) is 0 Å². The molecule has 1 spiro atoms. The van der Waals surface area contributed by atoms with E-state index in [1.54, 1.807) is 0 Å². The van der Waals surface area contributed by atoms with Crippen molar-refractivity contribution in [3.8, 4) is 0 Å². The van der Waals surface area contributed by atoms with Gasteiger partial charge in [-0.15, -0.1) is 0 Å². The molecule has 1 N–H and O–H groups in total. The summed E-state index contributed by atoms with van der Waals surface area (Å²) in [5, 5.41) is 3.47. The zero-order valence-corrected chi connectivity index (χ0v) is 14.1. The zero-order valence-electron chi connectivity index (χ0n) is 13.0. The Morgan fingerprint density at radius 2 is 1.61 bits per heavy atom. The molecule has 0 saturated carbocycles. The van der Waals surface area contributed by atoms with Crippen LogP contribution < -0.4 is 5.32 Å². The Bertz CT molecular complexity index is 364. The number of rotatable bonds is 2. The molecule has 0 aromatic carbocycles. The second-order valence-corrected chi connectivity index (χ2v) is 4.39. The number of hydrogen-bond acceptors (Lipinski definition) is 3. The van der Waals surface area contributed by atoms with Crippen molar-refractivity contribution in [3.63, 3.8) is 0 Å². The average molecular weight is 363 g/mol. The molecule has 2 fully saturated rings. The largest absolute Gasteiger partial charge is 0 e. The van der Waals surface area contributed by atoms with Gasteiger partial charge in [0.1, 0.15) is 0 Å². The van der Waals surface area contributed by atoms with Crippen molar-refractivity contribution in [2.45, 2.75) is 38.0 Å². The van der Waals surface area contributed by atoms with Crippen molar-refractivity contribution in [2.75, 3.05) is 19.8 Å². The summed E-state index contributed by atoms with van der Waals surface area (Å²) in [6, 6.07) is 0.364. The molecule has 128 valence electrons. The van der Waals surface area contributed by atoms with Crippen molar-refractivity contribution >= 4 is 0 Å². The summed E-state index contributed by atoms with van der Waals surface area (Å²) in [4.78, 5) is 0. The van der Waals surface area contributed by atoms with Crippen LogP contribution in [0.1, 0.15) is 26.2 Å². The van der Waals surface area contributed by atoms with E-state index in [-0.39, 0.29) is 22.9 Å². The van der Waals surface area contributed by atoms with Crippen LogP contribution in [0.4, 0.5) is 0 Å². The van der Waals surface area contributed by atoms with Crippen molar-refractivity contribution in [2.24, 2.45) is 0 Å². The van der Waals surface area contributed by atoms with E-state index in [4.69, 9.17) is 23.4 Å². The Balaban J connectivity index is -0.000000514. The van der Waals surface area contributed by atoms with Crippen molar-refractivity contribution in [1.29, 1.82) is 0 Å². The van der Waals surface area contributed by atoms with Gasteiger partial charge in [0.2, 0.25) is 0 Å². The minimum Gasteiger partial charge on any atom is 0 e. The van der Waals surface area contributed by atoms with E-state index < -0.39 is 0 Å². The van der Waals surface area contributed by atoms with Crippen LogP contribution in [-0.2, 0) is 40.5 Å². The average Bonchev–Trinajstić information content (AvgIpc) is 2.61. The summed E-state index contributed by atoms with van der Waals surface area (Å²) in [6.45, 7) is 18.2. The van der Waals surface area contributed by atoms with Gasteiger partial charge >= 0.3 is 33.9 Å². The molecule has 0 unspecified atom stereocenters. The van der Waals surface area contributed by atoms with Crippen molar-refractivity contribution in [1.82, 2.24) is 5.32 Å². The monoisotopic (exact) mass is 363 g/mol. The van der Waals surface area contributed by atoms with Crippen molar-refractivity contribution in [3.05, 3.63) is 44.3 Å². The molecule has 2 aliphatic heterocycles. The van der Waals surface area contributed by atoms with E-state index in [0.29, 0.717) is 6.04 Å². The van der Waals surface area contributed by atoms with Crippen LogP contribution in [0.25, 0.3) is 0 Å². The van der Waals surface area contributed by atoms with E-state index in [1.165, 1.54) is 0 Å². The SMILES string of the molecule is C/C=C/C=C/[C@H]1CC2(CCN1)OCCCO2.[C-]#[O+].[C-]#[O+].[C-]#[O+].[Fe]. The van der Waals surface area contributed by atoms with Gasteiger partial charge in [-0.1, -0.05) is 24.3 Å². The first-order chi connectivity index (χ1) is 10.8. The zero-order chi connectivity index (χ0) is 17.3. The van der Waals surface area contributed by atoms with Crippen LogP contribution in [0.2, 0.25) is 0 Å². The Morgan fingerprint density at radius 1 is 1.04 bits per heavy atom. The molecule has 2 heterocycles. The Hall–Kier alpha value is -0.901.